The van der Waals surface area contributed by atoms with Crippen molar-refractivity contribution in [2.45, 2.75) is 6.92 Å². The summed E-state index contributed by atoms with van der Waals surface area (Å²) in [6.45, 7) is 1.07. The number of nitrogens with one attached hydrogen (secondary N) is 1. The number of thiazole rings is 1. The van der Waals surface area contributed by atoms with Gasteiger partial charge < -0.3 is 15.2 Å². The van der Waals surface area contributed by atoms with Crippen LogP contribution in [0.5, 0.6) is 5.75 Å². The lowest BCUT2D eigenvalue weighted by Crippen LogP contribution is -2.37. The molecule has 3 amide bonds. The van der Waals surface area contributed by atoms with Gasteiger partial charge in [0.05, 0.1) is 12.8 Å². The molecule has 3 N–H and O–H groups in total. The minimum Gasteiger partial charge on any atom is -0.497 e. The maximum Gasteiger partial charge on any atom is 0.350 e. The number of ether oxygens (including phenoxy) is 2. The van der Waals surface area contributed by atoms with Gasteiger partial charge in [-0.05, 0) is 31.2 Å². The predicted octanol–water partition coefficient (Wildman–Crippen LogP) is 1.48. The van der Waals surface area contributed by atoms with E-state index in [1.54, 1.807) is 31.5 Å². The van der Waals surface area contributed by atoms with Crippen molar-refractivity contribution in [1.29, 1.82) is 0 Å². The highest BCUT2D eigenvalue weighted by Gasteiger charge is 2.19. The van der Waals surface area contributed by atoms with Gasteiger partial charge in [0.2, 0.25) is 0 Å². The van der Waals surface area contributed by atoms with Gasteiger partial charge in [0.1, 0.15) is 15.6 Å². The number of aromatic nitrogens is 1. The molecule has 0 saturated carbocycles. The topological polar surface area (TPSA) is 121 Å². The molecule has 8 nitrogen and oxygen atoms in total. The Kier molecular flexibility index (Phi) is 5.48. The number of hydrogen-bond acceptors (Lipinski definition) is 7. The molecule has 126 valence electrons. The Hall–Kier alpha value is -2.94. The molecule has 24 heavy (non-hydrogen) atoms. The van der Waals surface area contributed by atoms with Crippen molar-refractivity contribution in [2.75, 3.05) is 13.7 Å². The molecule has 0 atom stereocenters. The Bertz CT molecular complexity index is 770. The summed E-state index contributed by atoms with van der Waals surface area (Å²) >= 11 is 1.15. The largest absolute Gasteiger partial charge is 0.497 e. The van der Waals surface area contributed by atoms with E-state index in [9.17, 15) is 14.4 Å². The van der Waals surface area contributed by atoms with E-state index < -0.39 is 24.5 Å². The van der Waals surface area contributed by atoms with Crippen LogP contribution in [0.25, 0.3) is 10.6 Å². The highest BCUT2D eigenvalue weighted by molar-refractivity contribution is 7.17. The number of benzene rings is 1. The minimum atomic E-state index is -1.01. The molecule has 0 aliphatic carbocycles. The van der Waals surface area contributed by atoms with Gasteiger partial charge in [-0.3, -0.25) is 10.1 Å². The van der Waals surface area contributed by atoms with Crippen LogP contribution >= 0.6 is 11.3 Å². The number of urea groups is 1. The van der Waals surface area contributed by atoms with Crippen LogP contribution in [-0.4, -0.2) is 36.6 Å². The van der Waals surface area contributed by atoms with Crippen molar-refractivity contribution >= 4 is 29.2 Å². The molecule has 1 heterocycles. The molecule has 0 fully saturated rings. The number of nitrogens with two attached hydrogens (primary N) is 1. The molecule has 9 heteroatoms. The van der Waals surface area contributed by atoms with Crippen molar-refractivity contribution in [1.82, 2.24) is 10.3 Å². The Morgan fingerprint density at radius 1 is 1.25 bits per heavy atom. The number of carbonyl (C=O) groups is 3. The van der Waals surface area contributed by atoms with Gasteiger partial charge in [0.25, 0.3) is 5.91 Å². The molecular formula is C15H15N3O5S. The average Bonchev–Trinajstić information content (AvgIpc) is 2.94. The van der Waals surface area contributed by atoms with Crippen molar-refractivity contribution in [3.63, 3.8) is 0 Å². The number of primary amides is 1. The van der Waals surface area contributed by atoms with Gasteiger partial charge in [-0.15, -0.1) is 11.3 Å². The molecule has 0 radical (unpaired) electrons. The van der Waals surface area contributed by atoms with Crippen molar-refractivity contribution in [3.05, 3.63) is 34.8 Å². The highest BCUT2D eigenvalue weighted by atomic mass is 32.1. The molecule has 0 unspecified atom stereocenters. The quantitative estimate of drug-likeness (QED) is 0.789. The summed E-state index contributed by atoms with van der Waals surface area (Å²) < 4.78 is 9.94. The van der Waals surface area contributed by atoms with Crippen LogP contribution in [-0.2, 0) is 9.53 Å². The number of hydrogen-bond donors (Lipinski definition) is 2. The first-order chi connectivity index (χ1) is 11.4. The molecule has 1 aromatic heterocycles. The Morgan fingerprint density at radius 3 is 2.50 bits per heavy atom. The zero-order chi connectivity index (χ0) is 17.7. The molecular weight excluding hydrogens is 334 g/mol. The summed E-state index contributed by atoms with van der Waals surface area (Å²) in [4.78, 5) is 38.4. The lowest BCUT2D eigenvalue weighted by Gasteiger charge is -2.02. The monoisotopic (exact) mass is 349 g/mol. The second kappa shape index (κ2) is 7.55. The first-order valence-electron chi connectivity index (χ1n) is 6.79. The van der Waals surface area contributed by atoms with Gasteiger partial charge in [-0.1, -0.05) is 0 Å². The molecule has 0 bridgehead atoms. The van der Waals surface area contributed by atoms with Crippen molar-refractivity contribution < 1.29 is 23.9 Å². The first-order valence-corrected chi connectivity index (χ1v) is 7.60. The second-order valence-corrected chi connectivity index (χ2v) is 5.65. The third-order valence-corrected chi connectivity index (χ3v) is 4.10. The SMILES string of the molecule is COc1ccc(-c2nc(C)c(C(=O)OCC(=O)NC(N)=O)s2)cc1. The van der Waals surface area contributed by atoms with Crippen LogP contribution in [0.4, 0.5) is 4.79 Å². The van der Waals surface area contributed by atoms with Crippen LogP contribution < -0.4 is 15.8 Å². The lowest BCUT2D eigenvalue weighted by atomic mass is 10.2. The van der Waals surface area contributed by atoms with E-state index in [-0.39, 0.29) is 4.88 Å². The van der Waals surface area contributed by atoms with Crippen molar-refractivity contribution in [3.8, 4) is 16.3 Å². The predicted molar refractivity (Wildman–Crippen MR) is 86.8 cm³/mol. The maximum atomic E-state index is 12.0. The molecule has 0 saturated heterocycles. The number of methoxy groups -OCH3 is 1. The molecule has 2 rings (SSSR count). The summed E-state index contributed by atoms with van der Waals surface area (Å²) in [5.41, 5.74) is 6.12. The van der Waals surface area contributed by atoms with Gasteiger partial charge in [-0.25, -0.2) is 14.6 Å². The smallest absolute Gasteiger partial charge is 0.350 e. The van der Waals surface area contributed by atoms with E-state index in [2.05, 4.69) is 4.98 Å². The third-order valence-electron chi connectivity index (χ3n) is 2.92. The van der Waals surface area contributed by atoms with E-state index in [1.165, 1.54) is 0 Å². The summed E-state index contributed by atoms with van der Waals surface area (Å²) in [5, 5.41) is 2.45. The summed E-state index contributed by atoms with van der Waals surface area (Å²) in [7, 11) is 1.57. The van der Waals surface area contributed by atoms with E-state index in [4.69, 9.17) is 15.2 Å². The van der Waals surface area contributed by atoms with Crippen LogP contribution in [0.15, 0.2) is 24.3 Å². The van der Waals surface area contributed by atoms with E-state index >= 15 is 0 Å². The van der Waals surface area contributed by atoms with Crippen LogP contribution in [0.2, 0.25) is 0 Å². The van der Waals surface area contributed by atoms with Crippen molar-refractivity contribution in [2.24, 2.45) is 5.73 Å². The van der Waals surface area contributed by atoms with E-state index in [1.807, 2.05) is 12.1 Å². The highest BCUT2D eigenvalue weighted by Crippen LogP contribution is 2.29. The van der Waals surface area contributed by atoms with Gasteiger partial charge in [0, 0.05) is 5.56 Å². The summed E-state index contributed by atoms with van der Waals surface area (Å²) in [6, 6.07) is 6.22. The zero-order valence-corrected chi connectivity index (χ0v) is 13.8. The van der Waals surface area contributed by atoms with Crippen LogP contribution in [0, 0.1) is 6.92 Å². The lowest BCUT2D eigenvalue weighted by molar-refractivity contribution is -0.123. The van der Waals surface area contributed by atoms with Gasteiger partial charge in [-0.2, -0.15) is 0 Å². The number of esters is 1. The number of rotatable bonds is 5. The number of amides is 3. The van der Waals surface area contributed by atoms with Crippen LogP contribution in [0.1, 0.15) is 15.4 Å². The van der Waals surface area contributed by atoms with Gasteiger partial charge >= 0.3 is 12.0 Å². The molecule has 0 spiro atoms. The van der Waals surface area contributed by atoms with E-state index in [0.717, 1.165) is 16.9 Å². The summed E-state index contributed by atoms with van der Waals surface area (Å²) in [5.74, 6) is -0.773. The fourth-order valence-electron chi connectivity index (χ4n) is 1.81. The Morgan fingerprint density at radius 2 is 1.92 bits per heavy atom. The maximum absolute atomic E-state index is 12.0. The molecule has 0 aliphatic rings. The molecule has 1 aromatic carbocycles. The number of nitrogens with zero attached hydrogens (tertiary/aromatic N) is 1. The Balaban J connectivity index is 2.08. The average molecular weight is 349 g/mol. The standard InChI is InChI=1S/C15H15N3O5S/c1-8-12(14(20)23-7-11(19)18-15(16)21)24-13(17-8)9-3-5-10(22-2)6-4-9/h3-6H,7H2,1-2H3,(H3,16,18,19,21). The normalized spacial score (nSPS) is 10.1. The zero-order valence-electron chi connectivity index (χ0n) is 13.0. The third kappa shape index (κ3) is 4.29. The van der Waals surface area contributed by atoms with E-state index in [0.29, 0.717) is 16.5 Å². The number of carbonyl (C=O) groups excluding carboxylic acids is 3. The molecule has 0 aliphatic heterocycles. The summed E-state index contributed by atoms with van der Waals surface area (Å²) in [6.07, 6.45) is 0. The fraction of sp³-hybridized carbons (Fsp3) is 0.200. The number of aryl methyl sites for hydroxylation is 1. The first kappa shape index (κ1) is 17.4. The van der Waals surface area contributed by atoms with Gasteiger partial charge in [0.15, 0.2) is 6.61 Å². The molecule has 2 aromatic rings. The number of imide groups is 1. The fourth-order valence-corrected chi connectivity index (χ4v) is 2.78. The van der Waals surface area contributed by atoms with Crippen LogP contribution in [0.3, 0.4) is 0 Å². The minimum absolute atomic E-state index is 0.285. The second-order valence-electron chi connectivity index (χ2n) is 4.65. The Labute approximate surface area is 141 Å².